The number of ether oxygens (including phenoxy) is 1. The molecule has 0 atom stereocenters. The Morgan fingerprint density at radius 3 is 2.87 bits per heavy atom. The maximum atomic E-state index is 5.86. The zero-order valence-electron chi connectivity index (χ0n) is 13.8. The summed E-state index contributed by atoms with van der Waals surface area (Å²) in [6.07, 6.45) is 3.62. The van der Waals surface area contributed by atoms with E-state index >= 15 is 0 Å². The molecule has 0 saturated heterocycles. The normalized spacial score (nSPS) is 17.4. The highest BCUT2D eigenvalue weighted by atomic mass is 16.5. The number of aromatic nitrogens is 4. The van der Waals surface area contributed by atoms with Crippen molar-refractivity contribution in [3.8, 4) is 0 Å². The van der Waals surface area contributed by atoms with Gasteiger partial charge in [-0.2, -0.15) is 10.2 Å². The molecule has 1 aliphatic heterocycles. The zero-order valence-corrected chi connectivity index (χ0v) is 13.8. The first-order chi connectivity index (χ1) is 11.2. The number of nitrogens with zero attached hydrogens (tertiary/aromatic N) is 5. The third kappa shape index (κ3) is 3.08. The molecule has 1 saturated carbocycles. The van der Waals surface area contributed by atoms with Crippen molar-refractivity contribution in [3.63, 3.8) is 0 Å². The van der Waals surface area contributed by atoms with E-state index in [-0.39, 0.29) is 0 Å². The summed E-state index contributed by atoms with van der Waals surface area (Å²) in [5.41, 5.74) is 4.65. The van der Waals surface area contributed by atoms with Crippen molar-refractivity contribution in [1.82, 2.24) is 20.0 Å². The average molecular weight is 313 g/mol. The van der Waals surface area contributed by atoms with Gasteiger partial charge in [-0.05, 0) is 37.8 Å². The Kier molecular flexibility index (Phi) is 3.77. The number of hydrogen-bond acceptors (Lipinski definition) is 5. The topological polar surface area (TPSA) is 56.1 Å². The van der Waals surface area contributed by atoms with Gasteiger partial charge in [-0.3, -0.25) is 4.68 Å². The number of anilines is 1. The summed E-state index contributed by atoms with van der Waals surface area (Å²) in [4.78, 5) is 2.28. The maximum absolute atomic E-state index is 5.86. The van der Waals surface area contributed by atoms with Crippen LogP contribution in [-0.4, -0.2) is 33.1 Å². The molecule has 6 nitrogen and oxygen atoms in total. The van der Waals surface area contributed by atoms with Gasteiger partial charge in [0.15, 0.2) is 5.82 Å². The first-order valence-corrected chi connectivity index (χ1v) is 8.37. The predicted octanol–water partition coefficient (Wildman–Crippen LogP) is 2.01. The van der Waals surface area contributed by atoms with Crippen LogP contribution in [0, 0.1) is 12.8 Å². The molecule has 0 N–H and O–H groups in total. The number of rotatable bonds is 5. The van der Waals surface area contributed by atoms with E-state index in [1.807, 2.05) is 30.8 Å². The molecular weight excluding hydrogens is 290 g/mol. The Labute approximate surface area is 136 Å². The molecular formula is C17H23N5O. The van der Waals surface area contributed by atoms with Crippen LogP contribution >= 0.6 is 0 Å². The van der Waals surface area contributed by atoms with Gasteiger partial charge >= 0.3 is 0 Å². The maximum Gasteiger partial charge on any atom is 0.151 e. The summed E-state index contributed by atoms with van der Waals surface area (Å²) in [5, 5.41) is 13.2. The quantitative estimate of drug-likeness (QED) is 0.845. The molecule has 2 aromatic rings. The van der Waals surface area contributed by atoms with E-state index < -0.39 is 0 Å². The molecule has 3 heterocycles. The van der Waals surface area contributed by atoms with Crippen LogP contribution in [0.3, 0.4) is 0 Å². The second kappa shape index (κ2) is 5.92. The molecule has 2 aliphatic rings. The van der Waals surface area contributed by atoms with E-state index in [2.05, 4.69) is 20.2 Å². The summed E-state index contributed by atoms with van der Waals surface area (Å²) >= 11 is 0. The molecule has 4 rings (SSSR count). The number of aryl methyl sites for hydroxylation is 2. The highest BCUT2D eigenvalue weighted by Crippen LogP contribution is 2.30. The van der Waals surface area contributed by atoms with Gasteiger partial charge in [0.25, 0.3) is 0 Å². The molecule has 0 amide bonds. The Hall–Kier alpha value is -1.95. The van der Waals surface area contributed by atoms with Crippen molar-refractivity contribution in [2.45, 2.75) is 39.3 Å². The third-order valence-corrected chi connectivity index (χ3v) is 4.72. The summed E-state index contributed by atoms with van der Waals surface area (Å²) in [5.74, 6) is 1.73. The summed E-state index contributed by atoms with van der Waals surface area (Å²) in [6, 6.07) is 4.06. The molecule has 6 heteroatoms. The SMILES string of the molecule is Cc1ccc(N2CCc3c(c(COCC4CC4)nn3C)C2)nn1. The molecule has 0 unspecified atom stereocenters. The van der Waals surface area contributed by atoms with E-state index in [1.54, 1.807) is 0 Å². The van der Waals surface area contributed by atoms with Crippen molar-refractivity contribution in [1.29, 1.82) is 0 Å². The largest absolute Gasteiger partial charge is 0.375 e. The molecule has 122 valence electrons. The fraction of sp³-hybridized carbons (Fsp3) is 0.588. The lowest BCUT2D eigenvalue weighted by Gasteiger charge is -2.28. The van der Waals surface area contributed by atoms with Gasteiger partial charge < -0.3 is 9.64 Å². The van der Waals surface area contributed by atoms with Gasteiger partial charge in [-0.25, -0.2) is 0 Å². The van der Waals surface area contributed by atoms with Crippen LogP contribution in [-0.2, 0) is 31.4 Å². The highest BCUT2D eigenvalue weighted by molar-refractivity contribution is 5.43. The fourth-order valence-electron chi connectivity index (χ4n) is 3.15. The van der Waals surface area contributed by atoms with E-state index in [0.29, 0.717) is 6.61 Å². The fourth-order valence-corrected chi connectivity index (χ4v) is 3.15. The average Bonchev–Trinajstić information content (AvgIpc) is 3.33. The lowest BCUT2D eigenvalue weighted by atomic mass is 10.1. The highest BCUT2D eigenvalue weighted by Gasteiger charge is 2.26. The van der Waals surface area contributed by atoms with Crippen molar-refractivity contribution < 1.29 is 4.74 Å². The third-order valence-electron chi connectivity index (χ3n) is 4.72. The van der Waals surface area contributed by atoms with Crippen molar-refractivity contribution in [2.75, 3.05) is 18.1 Å². The van der Waals surface area contributed by atoms with Crippen LogP contribution in [0.4, 0.5) is 5.82 Å². The lowest BCUT2D eigenvalue weighted by Crippen LogP contribution is -2.32. The summed E-state index contributed by atoms with van der Waals surface area (Å²) in [7, 11) is 2.03. The molecule has 2 aromatic heterocycles. The standard InChI is InChI=1S/C17H23N5O/c1-12-3-6-17(19-18-12)22-8-7-16-14(9-22)15(20-21(16)2)11-23-10-13-4-5-13/h3,6,13H,4-5,7-11H2,1-2H3. The van der Waals surface area contributed by atoms with Crippen molar-refractivity contribution in [3.05, 3.63) is 34.8 Å². The molecule has 23 heavy (non-hydrogen) atoms. The van der Waals surface area contributed by atoms with E-state index in [1.165, 1.54) is 24.1 Å². The van der Waals surface area contributed by atoms with E-state index in [4.69, 9.17) is 4.74 Å². The van der Waals surface area contributed by atoms with Gasteiger partial charge in [0.2, 0.25) is 0 Å². The molecule has 1 aliphatic carbocycles. The molecule has 0 spiro atoms. The van der Waals surface area contributed by atoms with Gasteiger partial charge in [0, 0.05) is 44.4 Å². The van der Waals surface area contributed by atoms with Crippen LogP contribution in [0.1, 0.15) is 35.5 Å². The van der Waals surface area contributed by atoms with E-state index in [9.17, 15) is 0 Å². The Balaban J connectivity index is 1.51. The Morgan fingerprint density at radius 1 is 1.26 bits per heavy atom. The minimum atomic E-state index is 0.618. The molecule has 0 bridgehead atoms. The first kappa shape index (κ1) is 14.6. The molecule has 0 radical (unpaired) electrons. The smallest absolute Gasteiger partial charge is 0.151 e. The van der Waals surface area contributed by atoms with Gasteiger partial charge in [0.05, 0.1) is 18.0 Å². The zero-order chi connectivity index (χ0) is 15.8. The number of fused-ring (bicyclic) bond motifs is 1. The van der Waals surface area contributed by atoms with Crippen molar-refractivity contribution >= 4 is 5.82 Å². The molecule has 0 aromatic carbocycles. The minimum absolute atomic E-state index is 0.618. The predicted molar refractivity (Wildman–Crippen MR) is 87.1 cm³/mol. The Morgan fingerprint density at radius 2 is 2.13 bits per heavy atom. The van der Waals surface area contributed by atoms with Gasteiger partial charge in [-0.1, -0.05) is 0 Å². The monoisotopic (exact) mass is 313 g/mol. The number of hydrogen-bond donors (Lipinski definition) is 0. The van der Waals surface area contributed by atoms with Crippen LogP contribution in [0.2, 0.25) is 0 Å². The second-order valence-electron chi connectivity index (χ2n) is 6.66. The molecule has 1 fully saturated rings. The van der Waals surface area contributed by atoms with Gasteiger partial charge in [0.1, 0.15) is 0 Å². The lowest BCUT2D eigenvalue weighted by molar-refractivity contribution is 0.108. The second-order valence-corrected chi connectivity index (χ2v) is 6.66. The van der Waals surface area contributed by atoms with Crippen molar-refractivity contribution in [2.24, 2.45) is 13.0 Å². The van der Waals surface area contributed by atoms with Crippen LogP contribution in [0.5, 0.6) is 0 Å². The Bertz CT molecular complexity index is 690. The minimum Gasteiger partial charge on any atom is -0.375 e. The van der Waals surface area contributed by atoms with Gasteiger partial charge in [-0.15, -0.1) is 5.10 Å². The summed E-state index contributed by atoms with van der Waals surface area (Å²) < 4.78 is 7.87. The van der Waals surface area contributed by atoms with Crippen LogP contribution in [0.25, 0.3) is 0 Å². The first-order valence-electron chi connectivity index (χ1n) is 8.37. The van der Waals surface area contributed by atoms with E-state index in [0.717, 1.165) is 49.2 Å². The summed E-state index contributed by atoms with van der Waals surface area (Å²) in [6.45, 7) is 5.24. The van der Waals surface area contributed by atoms with Crippen LogP contribution < -0.4 is 4.90 Å². The van der Waals surface area contributed by atoms with Crippen LogP contribution in [0.15, 0.2) is 12.1 Å².